The molecule has 0 heterocycles. The van der Waals surface area contributed by atoms with E-state index >= 15 is 0 Å². The number of halogens is 1. The number of carbonyl (C=O) groups is 1. The van der Waals surface area contributed by atoms with Crippen molar-refractivity contribution in [1.29, 1.82) is 0 Å². The van der Waals surface area contributed by atoms with Crippen molar-refractivity contribution in [2.75, 3.05) is 5.32 Å². The summed E-state index contributed by atoms with van der Waals surface area (Å²) in [6, 6.07) is 13.7. The lowest BCUT2D eigenvalue weighted by Crippen LogP contribution is -2.14. The van der Waals surface area contributed by atoms with Gasteiger partial charge in [-0.3, -0.25) is 15.4 Å². The second kappa shape index (κ2) is 6.85. The van der Waals surface area contributed by atoms with Gasteiger partial charge in [0.25, 0.3) is 0 Å². The molecule has 21 heavy (non-hydrogen) atoms. The van der Waals surface area contributed by atoms with Crippen molar-refractivity contribution in [1.82, 2.24) is 0 Å². The molecule has 0 aromatic heterocycles. The van der Waals surface area contributed by atoms with Crippen LogP contribution in [-0.2, 0) is 11.3 Å². The third kappa shape index (κ3) is 4.03. The highest BCUT2D eigenvalue weighted by Crippen LogP contribution is 2.32. The lowest BCUT2D eigenvalue weighted by atomic mass is 10.2. The van der Waals surface area contributed by atoms with E-state index in [1.807, 2.05) is 30.3 Å². The van der Waals surface area contributed by atoms with Crippen LogP contribution in [0.25, 0.3) is 0 Å². The molecule has 0 fully saturated rings. The summed E-state index contributed by atoms with van der Waals surface area (Å²) in [6.07, 6.45) is -0.750. The van der Waals surface area contributed by atoms with E-state index < -0.39 is 11.0 Å². The first-order chi connectivity index (χ1) is 10.1. The van der Waals surface area contributed by atoms with E-state index in [2.05, 4.69) is 21.2 Å². The maximum atomic E-state index is 11.7. The molecule has 108 valence electrons. The molecule has 1 amide bonds. The highest BCUT2D eigenvalue weighted by atomic mass is 79.9. The Hall–Kier alpha value is -2.41. The van der Waals surface area contributed by atoms with Gasteiger partial charge in [-0.1, -0.05) is 36.4 Å². The first-order valence-corrected chi connectivity index (χ1v) is 6.78. The maximum Gasteiger partial charge on any atom is 0.412 e. The average Bonchev–Trinajstić information content (AvgIpc) is 2.46. The first kappa shape index (κ1) is 15.0. The monoisotopic (exact) mass is 350 g/mol. The Morgan fingerprint density at radius 1 is 1.19 bits per heavy atom. The van der Waals surface area contributed by atoms with E-state index in [9.17, 15) is 14.9 Å². The summed E-state index contributed by atoms with van der Waals surface area (Å²) >= 11 is 3.08. The molecule has 0 aliphatic carbocycles. The number of carbonyl (C=O) groups excluding carboxylic acids is 1. The van der Waals surface area contributed by atoms with E-state index in [1.54, 1.807) is 6.07 Å². The summed E-state index contributed by atoms with van der Waals surface area (Å²) in [7, 11) is 0. The SMILES string of the molecule is O=C(Nc1cccc(Br)c1[N+](=O)[O-])OCc1ccccc1. The van der Waals surface area contributed by atoms with E-state index in [0.717, 1.165) is 5.56 Å². The number of nitro benzene ring substituents is 1. The number of nitro groups is 1. The summed E-state index contributed by atoms with van der Waals surface area (Å²) in [5, 5.41) is 13.4. The van der Waals surface area contributed by atoms with Gasteiger partial charge in [0, 0.05) is 0 Å². The fraction of sp³-hybridized carbons (Fsp3) is 0.0714. The van der Waals surface area contributed by atoms with Gasteiger partial charge in [0.05, 0.1) is 9.40 Å². The number of nitrogens with zero attached hydrogens (tertiary/aromatic N) is 1. The lowest BCUT2D eigenvalue weighted by Gasteiger charge is -2.08. The molecule has 0 aliphatic heterocycles. The summed E-state index contributed by atoms with van der Waals surface area (Å²) in [5.41, 5.74) is 0.693. The molecule has 2 aromatic carbocycles. The van der Waals surface area contributed by atoms with E-state index in [1.165, 1.54) is 12.1 Å². The van der Waals surface area contributed by atoms with Gasteiger partial charge in [-0.25, -0.2) is 4.79 Å². The van der Waals surface area contributed by atoms with Crippen molar-refractivity contribution >= 4 is 33.4 Å². The molecule has 0 saturated carbocycles. The van der Waals surface area contributed by atoms with Crippen molar-refractivity contribution in [2.45, 2.75) is 6.61 Å². The van der Waals surface area contributed by atoms with Crippen LogP contribution in [0.4, 0.5) is 16.2 Å². The Labute approximate surface area is 129 Å². The van der Waals surface area contributed by atoms with Crippen LogP contribution in [0.15, 0.2) is 53.0 Å². The van der Waals surface area contributed by atoms with Crippen molar-refractivity contribution < 1.29 is 14.5 Å². The topological polar surface area (TPSA) is 81.5 Å². The zero-order valence-corrected chi connectivity index (χ0v) is 12.4. The highest BCUT2D eigenvalue weighted by molar-refractivity contribution is 9.10. The zero-order valence-electron chi connectivity index (χ0n) is 10.8. The number of benzene rings is 2. The summed E-state index contributed by atoms with van der Waals surface area (Å²) < 4.78 is 5.30. The molecule has 0 aliphatic rings. The predicted molar refractivity (Wildman–Crippen MR) is 81.0 cm³/mol. The lowest BCUT2D eigenvalue weighted by molar-refractivity contribution is -0.384. The van der Waals surface area contributed by atoms with Crippen molar-refractivity contribution in [3.8, 4) is 0 Å². The van der Waals surface area contributed by atoms with Gasteiger partial charge < -0.3 is 4.74 Å². The van der Waals surface area contributed by atoms with Gasteiger partial charge in [-0.05, 0) is 33.6 Å². The molecule has 0 atom stereocenters. The van der Waals surface area contributed by atoms with Crippen LogP contribution in [0.5, 0.6) is 0 Å². The molecule has 2 rings (SSSR count). The van der Waals surface area contributed by atoms with Crippen LogP contribution >= 0.6 is 15.9 Å². The van der Waals surface area contributed by atoms with Crippen LogP contribution in [0, 0.1) is 10.1 Å². The van der Waals surface area contributed by atoms with E-state index in [4.69, 9.17) is 4.74 Å². The normalized spacial score (nSPS) is 9.95. The highest BCUT2D eigenvalue weighted by Gasteiger charge is 2.19. The largest absolute Gasteiger partial charge is 0.444 e. The third-order valence-electron chi connectivity index (χ3n) is 2.62. The minimum Gasteiger partial charge on any atom is -0.444 e. The van der Waals surface area contributed by atoms with Gasteiger partial charge in [-0.15, -0.1) is 0 Å². The Morgan fingerprint density at radius 3 is 2.57 bits per heavy atom. The van der Waals surface area contributed by atoms with E-state index in [0.29, 0.717) is 0 Å². The van der Waals surface area contributed by atoms with Gasteiger partial charge in [0.2, 0.25) is 0 Å². The molecule has 7 heteroatoms. The van der Waals surface area contributed by atoms with Crippen LogP contribution in [0.3, 0.4) is 0 Å². The van der Waals surface area contributed by atoms with Gasteiger partial charge in [0.1, 0.15) is 12.3 Å². The van der Waals surface area contributed by atoms with Crippen LogP contribution in [0.1, 0.15) is 5.56 Å². The van der Waals surface area contributed by atoms with Crippen molar-refractivity contribution in [3.63, 3.8) is 0 Å². The van der Waals surface area contributed by atoms with Gasteiger partial charge >= 0.3 is 11.8 Å². The first-order valence-electron chi connectivity index (χ1n) is 5.98. The Balaban J connectivity index is 2.03. The van der Waals surface area contributed by atoms with Crippen LogP contribution in [-0.4, -0.2) is 11.0 Å². The minimum atomic E-state index is -0.750. The summed E-state index contributed by atoms with van der Waals surface area (Å²) in [5.74, 6) is 0. The number of ether oxygens (including phenoxy) is 1. The fourth-order valence-electron chi connectivity index (χ4n) is 1.67. The smallest absolute Gasteiger partial charge is 0.412 e. The molecule has 1 N–H and O–H groups in total. The van der Waals surface area contributed by atoms with Crippen molar-refractivity contribution in [3.05, 3.63) is 68.7 Å². The Morgan fingerprint density at radius 2 is 1.90 bits per heavy atom. The van der Waals surface area contributed by atoms with Gasteiger partial charge in [-0.2, -0.15) is 0 Å². The predicted octanol–water partition coefficient (Wildman–Crippen LogP) is 4.11. The third-order valence-corrected chi connectivity index (χ3v) is 3.26. The molecule has 6 nitrogen and oxygen atoms in total. The average molecular weight is 351 g/mol. The fourth-order valence-corrected chi connectivity index (χ4v) is 2.18. The zero-order chi connectivity index (χ0) is 15.2. The number of hydrogen-bond donors (Lipinski definition) is 1. The molecule has 0 saturated heterocycles. The van der Waals surface area contributed by atoms with Gasteiger partial charge in [0.15, 0.2) is 0 Å². The quantitative estimate of drug-likeness (QED) is 0.664. The number of hydrogen-bond acceptors (Lipinski definition) is 4. The molecular formula is C14H11BrN2O4. The standard InChI is InChI=1S/C14H11BrN2O4/c15-11-7-4-8-12(13(11)17(19)20)16-14(18)21-9-10-5-2-1-3-6-10/h1-8H,9H2,(H,16,18). The van der Waals surface area contributed by atoms with E-state index in [-0.39, 0.29) is 22.5 Å². The van der Waals surface area contributed by atoms with Crippen LogP contribution in [0.2, 0.25) is 0 Å². The summed E-state index contributed by atoms with van der Waals surface area (Å²) in [6.45, 7) is 0.0917. The molecule has 0 bridgehead atoms. The summed E-state index contributed by atoms with van der Waals surface area (Å²) in [4.78, 5) is 22.1. The molecule has 2 aromatic rings. The number of para-hydroxylation sites is 1. The second-order valence-corrected chi connectivity index (χ2v) is 4.93. The Bertz CT molecular complexity index is 661. The Kier molecular flexibility index (Phi) is 4.89. The van der Waals surface area contributed by atoms with Crippen LogP contribution < -0.4 is 5.32 Å². The van der Waals surface area contributed by atoms with Crippen molar-refractivity contribution in [2.24, 2.45) is 0 Å². The maximum absolute atomic E-state index is 11.7. The number of amides is 1. The molecule has 0 spiro atoms. The molecular weight excluding hydrogens is 340 g/mol. The number of rotatable bonds is 4. The molecule has 0 unspecified atom stereocenters. The number of anilines is 1. The second-order valence-electron chi connectivity index (χ2n) is 4.08. The number of nitrogens with one attached hydrogen (secondary N) is 1. The minimum absolute atomic E-state index is 0.0763. The molecule has 0 radical (unpaired) electrons.